The zero-order valence-electron chi connectivity index (χ0n) is 13.4. The van der Waals surface area contributed by atoms with Gasteiger partial charge < -0.3 is 0 Å². The molecule has 0 fully saturated rings. The molecule has 130 valence electrons. The van der Waals surface area contributed by atoms with E-state index in [1.54, 1.807) is 13.0 Å². The highest BCUT2D eigenvalue weighted by Gasteiger charge is 2.33. The Balaban J connectivity index is 1.86. The number of amides is 2. The summed E-state index contributed by atoms with van der Waals surface area (Å²) in [6.45, 7) is 1.80. The van der Waals surface area contributed by atoms with Crippen LogP contribution in [-0.4, -0.2) is 25.2 Å². The fourth-order valence-corrected chi connectivity index (χ4v) is 4.12. The SMILES string of the molecule is CC1=NN(C(=O)NS(=O)(=O)c2ccccc2Cl)C(c2ccccc2)C1. The van der Waals surface area contributed by atoms with Crippen molar-refractivity contribution in [3.63, 3.8) is 0 Å². The van der Waals surface area contributed by atoms with Gasteiger partial charge in [0.1, 0.15) is 4.90 Å². The molecule has 1 atom stereocenters. The third-order valence-electron chi connectivity index (χ3n) is 3.80. The van der Waals surface area contributed by atoms with E-state index in [2.05, 4.69) is 5.10 Å². The maximum Gasteiger partial charge on any atom is 0.352 e. The molecular formula is C17H16ClN3O3S. The van der Waals surface area contributed by atoms with Gasteiger partial charge in [0.25, 0.3) is 10.0 Å². The lowest BCUT2D eigenvalue weighted by molar-refractivity contribution is 0.192. The first-order valence-corrected chi connectivity index (χ1v) is 9.44. The zero-order valence-corrected chi connectivity index (χ0v) is 15.0. The molecule has 3 rings (SSSR count). The quantitative estimate of drug-likeness (QED) is 0.888. The molecule has 1 heterocycles. The molecule has 1 aliphatic heterocycles. The molecule has 8 heteroatoms. The van der Waals surface area contributed by atoms with Gasteiger partial charge in [-0.05, 0) is 24.6 Å². The van der Waals surface area contributed by atoms with Gasteiger partial charge in [-0.15, -0.1) is 0 Å². The van der Waals surface area contributed by atoms with Crippen molar-refractivity contribution in [3.05, 3.63) is 65.2 Å². The van der Waals surface area contributed by atoms with E-state index in [0.29, 0.717) is 6.42 Å². The third kappa shape index (κ3) is 3.67. The topological polar surface area (TPSA) is 78.8 Å². The lowest BCUT2D eigenvalue weighted by Gasteiger charge is -2.22. The number of rotatable bonds is 3. The number of hydrazone groups is 1. The van der Waals surface area contributed by atoms with E-state index < -0.39 is 16.1 Å². The maximum atomic E-state index is 12.6. The van der Waals surface area contributed by atoms with Gasteiger partial charge in [0.15, 0.2) is 0 Å². The van der Waals surface area contributed by atoms with Gasteiger partial charge in [-0.3, -0.25) is 0 Å². The summed E-state index contributed by atoms with van der Waals surface area (Å²) in [5.74, 6) is 0. The van der Waals surface area contributed by atoms with Gasteiger partial charge in [0.2, 0.25) is 0 Å². The highest BCUT2D eigenvalue weighted by atomic mass is 35.5. The van der Waals surface area contributed by atoms with Crippen molar-refractivity contribution in [3.8, 4) is 0 Å². The van der Waals surface area contributed by atoms with Crippen LogP contribution in [0.3, 0.4) is 0 Å². The summed E-state index contributed by atoms with van der Waals surface area (Å²) in [4.78, 5) is 12.4. The largest absolute Gasteiger partial charge is 0.352 e. The number of hydrogen-bond donors (Lipinski definition) is 1. The Bertz CT molecular complexity index is 929. The number of benzene rings is 2. The minimum Gasteiger partial charge on any atom is -0.245 e. The predicted molar refractivity (Wildman–Crippen MR) is 95.9 cm³/mol. The highest BCUT2D eigenvalue weighted by molar-refractivity contribution is 7.90. The molecule has 1 aliphatic rings. The monoisotopic (exact) mass is 377 g/mol. The van der Waals surface area contributed by atoms with Crippen LogP contribution in [0, 0.1) is 0 Å². The van der Waals surface area contributed by atoms with E-state index in [1.807, 2.05) is 35.1 Å². The number of carbonyl (C=O) groups is 1. The number of nitrogens with one attached hydrogen (secondary N) is 1. The van der Waals surface area contributed by atoms with E-state index in [-0.39, 0.29) is 16.0 Å². The van der Waals surface area contributed by atoms with Crippen molar-refractivity contribution in [2.24, 2.45) is 5.10 Å². The van der Waals surface area contributed by atoms with Crippen LogP contribution in [0.4, 0.5) is 4.79 Å². The first-order valence-electron chi connectivity index (χ1n) is 7.58. The standard InChI is InChI=1S/C17H16ClN3O3S/c1-12-11-15(13-7-3-2-4-8-13)21(19-12)17(22)20-25(23,24)16-10-6-5-9-14(16)18/h2-10,15H,11H2,1H3,(H,20,22). The Labute approximate surface area is 151 Å². The summed E-state index contributed by atoms with van der Waals surface area (Å²) in [5.41, 5.74) is 1.63. The molecule has 0 spiro atoms. The Morgan fingerprint density at radius 2 is 1.80 bits per heavy atom. The number of sulfonamides is 1. The highest BCUT2D eigenvalue weighted by Crippen LogP contribution is 2.31. The molecule has 0 saturated carbocycles. The van der Waals surface area contributed by atoms with E-state index in [4.69, 9.17) is 11.6 Å². The fourth-order valence-electron chi connectivity index (χ4n) is 2.66. The van der Waals surface area contributed by atoms with Crippen LogP contribution in [0.25, 0.3) is 0 Å². The molecule has 2 aromatic rings. The number of carbonyl (C=O) groups excluding carboxylic acids is 1. The van der Waals surface area contributed by atoms with Crippen LogP contribution < -0.4 is 4.72 Å². The van der Waals surface area contributed by atoms with Gasteiger partial charge in [-0.1, -0.05) is 54.1 Å². The Kier molecular flexibility index (Phi) is 4.78. The zero-order chi connectivity index (χ0) is 18.0. The normalized spacial score (nSPS) is 17.3. The first-order chi connectivity index (χ1) is 11.9. The average Bonchev–Trinajstić information content (AvgIpc) is 2.97. The van der Waals surface area contributed by atoms with E-state index in [0.717, 1.165) is 11.3 Å². The van der Waals surface area contributed by atoms with Gasteiger partial charge in [0.05, 0.1) is 11.1 Å². The average molecular weight is 378 g/mol. The minimum absolute atomic E-state index is 0.0449. The second-order valence-electron chi connectivity index (χ2n) is 5.65. The van der Waals surface area contributed by atoms with Crippen LogP contribution in [0.15, 0.2) is 64.6 Å². The Hall–Kier alpha value is -2.38. The van der Waals surface area contributed by atoms with Crippen molar-refractivity contribution in [2.45, 2.75) is 24.3 Å². The second kappa shape index (κ2) is 6.85. The van der Waals surface area contributed by atoms with Crippen LogP contribution in [-0.2, 0) is 10.0 Å². The van der Waals surface area contributed by atoms with Crippen molar-refractivity contribution < 1.29 is 13.2 Å². The van der Waals surface area contributed by atoms with Gasteiger partial charge >= 0.3 is 6.03 Å². The second-order valence-corrected chi connectivity index (χ2v) is 7.71. The number of hydrogen-bond acceptors (Lipinski definition) is 4. The smallest absolute Gasteiger partial charge is 0.245 e. The summed E-state index contributed by atoms with van der Waals surface area (Å²) in [5, 5.41) is 5.40. The predicted octanol–water partition coefficient (Wildman–Crippen LogP) is 3.56. The molecule has 0 bridgehead atoms. The van der Waals surface area contributed by atoms with Crippen molar-refractivity contribution in [1.29, 1.82) is 0 Å². The molecule has 2 aromatic carbocycles. The lowest BCUT2D eigenvalue weighted by Crippen LogP contribution is -2.40. The number of nitrogens with zero attached hydrogens (tertiary/aromatic N) is 2. The Morgan fingerprint density at radius 3 is 2.48 bits per heavy atom. The Morgan fingerprint density at radius 1 is 1.16 bits per heavy atom. The van der Waals surface area contributed by atoms with Gasteiger partial charge in [-0.25, -0.2) is 22.9 Å². The van der Waals surface area contributed by atoms with Crippen LogP contribution >= 0.6 is 11.6 Å². The number of halogens is 1. The van der Waals surface area contributed by atoms with E-state index in [9.17, 15) is 13.2 Å². The van der Waals surface area contributed by atoms with Crippen molar-refractivity contribution >= 4 is 33.4 Å². The minimum atomic E-state index is -4.09. The van der Waals surface area contributed by atoms with E-state index in [1.165, 1.54) is 23.2 Å². The molecule has 6 nitrogen and oxygen atoms in total. The molecule has 1 unspecified atom stereocenters. The number of urea groups is 1. The summed E-state index contributed by atoms with van der Waals surface area (Å²) < 4.78 is 26.9. The van der Waals surface area contributed by atoms with Gasteiger partial charge in [0, 0.05) is 12.1 Å². The van der Waals surface area contributed by atoms with Gasteiger partial charge in [-0.2, -0.15) is 5.10 Å². The molecule has 1 N–H and O–H groups in total. The van der Waals surface area contributed by atoms with E-state index >= 15 is 0 Å². The first kappa shape index (κ1) is 17.4. The molecule has 0 saturated heterocycles. The lowest BCUT2D eigenvalue weighted by atomic mass is 10.0. The van der Waals surface area contributed by atoms with Crippen molar-refractivity contribution in [2.75, 3.05) is 0 Å². The van der Waals surface area contributed by atoms with Crippen LogP contribution in [0.1, 0.15) is 24.9 Å². The molecule has 2 amide bonds. The molecule has 0 aliphatic carbocycles. The summed E-state index contributed by atoms with van der Waals surface area (Å²) in [6, 6.07) is 14.1. The fraction of sp³-hybridized carbons (Fsp3) is 0.176. The molecule has 25 heavy (non-hydrogen) atoms. The molecule has 0 aromatic heterocycles. The molecule has 0 radical (unpaired) electrons. The molecular weight excluding hydrogens is 362 g/mol. The summed E-state index contributed by atoms with van der Waals surface area (Å²) in [6.07, 6.45) is 0.545. The summed E-state index contributed by atoms with van der Waals surface area (Å²) >= 11 is 5.93. The van der Waals surface area contributed by atoms with Crippen molar-refractivity contribution in [1.82, 2.24) is 9.73 Å². The van der Waals surface area contributed by atoms with Crippen LogP contribution in [0.5, 0.6) is 0 Å². The van der Waals surface area contributed by atoms with Crippen LogP contribution in [0.2, 0.25) is 5.02 Å². The summed E-state index contributed by atoms with van der Waals surface area (Å²) in [7, 11) is -4.09. The maximum absolute atomic E-state index is 12.6. The third-order valence-corrected chi connectivity index (χ3v) is 5.62.